The zero-order valence-electron chi connectivity index (χ0n) is 47.7. The lowest BCUT2D eigenvalue weighted by molar-refractivity contribution is 1.16. The minimum atomic E-state index is 1.11. The average molecular weight is 1120 g/mol. The second-order valence-electron chi connectivity index (χ2n) is 23.9. The van der Waals surface area contributed by atoms with E-state index in [1.807, 2.05) is 0 Å². The van der Waals surface area contributed by atoms with E-state index in [0.717, 1.165) is 33.8 Å². The van der Waals surface area contributed by atoms with Crippen LogP contribution in [0, 0.1) is 0 Å². The molecule has 88 heavy (non-hydrogen) atoms. The van der Waals surface area contributed by atoms with Gasteiger partial charge in [0.25, 0.3) is 0 Å². The minimum Gasteiger partial charge on any atom is -0.309 e. The van der Waals surface area contributed by atoms with Crippen LogP contribution in [0.2, 0.25) is 0 Å². The van der Waals surface area contributed by atoms with Crippen molar-refractivity contribution in [3.8, 4) is 67.3 Å². The van der Waals surface area contributed by atoms with E-state index in [4.69, 9.17) is 0 Å². The predicted molar refractivity (Wildman–Crippen MR) is 372 cm³/mol. The smallest absolute Gasteiger partial charge is 0.0542 e. The zero-order chi connectivity index (χ0) is 57.3. The molecule has 19 aromatic rings. The fourth-order valence-electron chi connectivity index (χ4n) is 15.8. The Morgan fingerprint density at radius 3 is 0.670 bits per heavy atom. The molecule has 0 saturated carbocycles. The van der Waals surface area contributed by atoms with Crippen LogP contribution in [0.3, 0.4) is 0 Å². The molecule has 0 saturated heterocycles. The van der Waals surface area contributed by atoms with Gasteiger partial charge in [-0.2, -0.15) is 0 Å². The van der Waals surface area contributed by atoms with Gasteiger partial charge < -0.3 is 18.3 Å². The third-order valence-corrected chi connectivity index (χ3v) is 19.5. The molecule has 4 heteroatoms. The van der Waals surface area contributed by atoms with Crippen LogP contribution in [-0.2, 0) is 0 Å². The van der Waals surface area contributed by atoms with Gasteiger partial charge in [-0.25, -0.2) is 0 Å². The van der Waals surface area contributed by atoms with Crippen molar-refractivity contribution in [2.24, 2.45) is 0 Å². The Kier molecular flexibility index (Phi) is 9.69. The van der Waals surface area contributed by atoms with Crippen molar-refractivity contribution in [2.45, 2.75) is 0 Å². The third kappa shape index (κ3) is 6.52. The van der Waals surface area contributed by atoms with Crippen LogP contribution >= 0.6 is 0 Å². The highest BCUT2D eigenvalue weighted by molar-refractivity contribution is 6.27. The Bertz CT molecular complexity index is 6150. The molecule has 15 aromatic carbocycles. The number of para-hydroxylation sites is 6. The molecule has 0 fully saturated rings. The first-order valence-corrected chi connectivity index (χ1v) is 30.5. The quantitative estimate of drug-likeness (QED) is 0.157. The van der Waals surface area contributed by atoms with E-state index in [0.29, 0.717) is 0 Å². The highest BCUT2D eigenvalue weighted by Crippen LogP contribution is 2.52. The van der Waals surface area contributed by atoms with Gasteiger partial charge in [-0.05, 0) is 186 Å². The summed E-state index contributed by atoms with van der Waals surface area (Å²) in [5, 5.41) is 17.5. The first-order valence-electron chi connectivity index (χ1n) is 30.5. The second-order valence-corrected chi connectivity index (χ2v) is 23.9. The molecule has 0 spiro atoms. The van der Waals surface area contributed by atoms with Gasteiger partial charge in [0.2, 0.25) is 0 Å². The van der Waals surface area contributed by atoms with Crippen LogP contribution in [0.1, 0.15) is 0 Å². The van der Waals surface area contributed by atoms with Crippen molar-refractivity contribution in [1.82, 2.24) is 18.3 Å². The summed E-state index contributed by atoms with van der Waals surface area (Å²) in [5.41, 5.74) is 23.6. The van der Waals surface area contributed by atoms with Crippen LogP contribution in [-0.4, -0.2) is 18.3 Å². The lowest BCUT2D eigenvalue weighted by Gasteiger charge is -2.26. The Hall–Kier alpha value is -11.7. The molecule has 0 unspecified atom stereocenters. The van der Waals surface area contributed by atoms with Crippen molar-refractivity contribution in [2.75, 3.05) is 0 Å². The molecule has 0 N–H and O–H groups in total. The first-order chi connectivity index (χ1) is 43.7. The number of nitrogens with zero attached hydrogens (tertiary/aromatic N) is 4. The molecule has 4 nitrogen and oxygen atoms in total. The maximum atomic E-state index is 2.51. The summed E-state index contributed by atoms with van der Waals surface area (Å²) < 4.78 is 9.85. The number of benzene rings is 15. The Labute approximate surface area is 505 Å². The maximum absolute atomic E-state index is 2.51. The Morgan fingerprint density at radius 1 is 0.125 bits per heavy atom. The minimum absolute atomic E-state index is 1.11. The molecule has 0 aliphatic heterocycles. The standard InChI is InChI=1S/C84H50N4/c1-3-21-57-55(19-1)56-20-2-4-22-58(56)72-50-74-62-42-38-52(88-82-36-18-12-30-68(82)76-48-54(40-44-84(76)88)86-79-33-15-9-27-65(79)66-28-10-16-34-80(66)86)46-70(62)61-41-37-51(45-69(61)59-23-5-6-24-60(59)73(74)49-71(57)72)87-81-35-17-11-29-67(81)75-47-53(39-43-83(75)87)85-77-31-13-7-25-63(77)64-26-8-14-32-78(64)85/h1-50H. The van der Waals surface area contributed by atoms with Gasteiger partial charge >= 0.3 is 0 Å². The molecular formula is C84H50N4. The molecule has 1 aliphatic carbocycles. The van der Waals surface area contributed by atoms with Crippen LogP contribution in [0.25, 0.3) is 187 Å². The van der Waals surface area contributed by atoms with Crippen molar-refractivity contribution in [1.29, 1.82) is 0 Å². The van der Waals surface area contributed by atoms with Gasteiger partial charge in [-0.15, -0.1) is 0 Å². The summed E-state index contributed by atoms with van der Waals surface area (Å²) in [7, 11) is 0. The number of fused-ring (bicyclic) bond motifs is 26. The highest BCUT2D eigenvalue weighted by Gasteiger charge is 2.27. The predicted octanol–water partition coefficient (Wildman–Crippen LogP) is 22.5. The largest absolute Gasteiger partial charge is 0.309 e. The first kappa shape index (κ1) is 47.6. The van der Waals surface area contributed by atoms with E-state index in [-0.39, 0.29) is 0 Å². The number of rotatable bonds is 4. The Balaban J connectivity index is 0.845. The monoisotopic (exact) mass is 1110 g/mol. The topological polar surface area (TPSA) is 19.7 Å². The van der Waals surface area contributed by atoms with Crippen LogP contribution in [0.15, 0.2) is 303 Å². The van der Waals surface area contributed by atoms with Crippen molar-refractivity contribution < 1.29 is 0 Å². The van der Waals surface area contributed by atoms with E-state index in [1.54, 1.807) is 0 Å². The van der Waals surface area contributed by atoms with Crippen LogP contribution < -0.4 is 0 Å². The third-order valence-electron chi connectivity index (χ3n) is 19.5. The molecule has 1 aliphatic rings. The van der Waals surface area contributed by atoms with E-state index in [1.165, 1.54) is 153 Å². The summed E-state index contributed by atoms with van der Waals surface area (Å²) in [6.45, 7) is 0. The van der Waals surface area contributed by atoms with E-state index in [2.05, 4.69) is 322 Å². The van der Waals surface area contributed by atoms with Crippen molar-refractivity contribution in [3.05, 3.63) is 303 Å². The van der Waals surface area contributed by atoms with E-state index >= 15 is 0 Å². The van der Waals surface area contributed by atoms with Gasteiger partial charge in [0.15, 0.2) is 0 Å². The van der Waals surface area contributed by atoms with Crippen molar-refractivity contribution >= 4 is 120 Å². The van der Waals surface area contributed by atoms with E-state index < -0.39 is 0 Å². The lowest BCUT2D eigenvalue weighted by atomic mass is 9.79. The summed E-state index contributed by atoms with van der Waals surface area (Å²) in [6.07, 6.45) is 0. The van der Waals surface area contributed by atoms with E-state index in [9.17, 15) is 0 Å². The molecule has 4 heterocycles. The number of hydrogen-bond donors (Lipinski definition) is 0. The van der Waals surface area contributed by atoms with Gasteiger partial charge in [0.05, 0.1) is 44.1 Å². The second kappa shape index (κ2) is 17.9. The molecule has 0 bridgehead atoms. The number of aromatic nitrogens is 4. The summed E-state index contributed by atoms with van der Waals surface area (Å²) >= 11 is 0. The Morgan fingerprint density at radius 2 is 0.341 bits per heavy atom. The average Bonchev–Trinajstić information content (AvgIpc) is 1.08. The van der Waals surface area contributed by atoms with Gasteiger partial charge in [0, 0.05) is 65.8 Å². The van der Waals surface area contributed by atoms with Crippen molar-refractivity contribution in [3.63, 3.8) is 0 Å². The molecule has 0 radical (unpaired) electrons. The van der Waals surface area contributed by atoms with Crippen LogP contribution in [0.5, 0.6) is 0 Å². The summed E-state index contributed by atoms with van der Waals surface area (Å²) in [4.78, 5) is 0. The zero-order valence-corrected chi connectivity index (χ0v) is 47.7. The van der Waals surface area contributed by atoms with Gasteiger partial charge in [0.1, 0.15) is 0 Å². The fourth-order valence-corrected chi connectivity index (χ4v) is 15.8. The molecular weight excluding hydrogens is 1060 g/mol. The summed E-state index contributed by atoms with van der Waals surface area (Å²) in [5.74, 6) is 0. The molecule has 0 amide bonds. The van der Waals surface area contributed by atoms with Gasteiger partial charge in [-0.3, -0.25) is 0 Å². The van der Waals surface area contributed by atoms with Gasteiger partial charge in [-0.1, -0.05) is 194 Å². The number of hydrogen-bond acceptors (Lipinski definition) is 0. The molecule has 20 rings (SSSR count). The molecule has 0 atom stereocenters. The lowest BCUT2D eigenvalue weighted by Crippen LogP contribution is -2.02. The molecule has 406 valence electrons. The van der Waals surface area contributed by atoms with Crippen LogP contribution in [0.4, 0.5) is 0 Å². The fraction of sp³-hybridized carbons (Fsp3) is 0. The SMILES string of the molecule is c1ccc2c(c1)-c1cc(-n3c4ccccc4c4cc(-n5c6ccccc6c6ccccc65)ccc43)ccc1-c1cc(-n3c4ccccc4c4cc(-n5c6ccccc6c6ccccc65)ccc43)ccc1-c1cc3c4ccccc4c4ccccc4c3cc1-2. The maximum Gasteiger partial charge on any atom is 0.0542 e. The normalized spacial score (nSPS) is 12.3. The molecule has 4 aromatic heterocycles. The summed E-state index contributed by atoms with van der Waals surface area (Å²) in [6, 6.07) is 114. The highest BCUT2D eigenvalue weighted by atomic mass is 15.0.